The van der Waals surface area contributed by atoms with Crippen molar-refractivity contribution in [2.45, 2.75) is 64.9 Å². The van der Waals surface area contributed by atoms with Crippen LogP contribution in [0, 0.1) is 36.1 Å². The van der Waals surface area contributed by atoms with E-state index in [1.54, 1.807) is 12.1 Å². The largest absolute Gasteiger partial charge is 0.453 e. The summed E-state index contributed by atoms with van der Waals surface area (Å²) in [7, 11) is 0. The maximum atomic E-state index is 15.8. The summed E-state index contributed by atoms with van der Waals surface area (Å²) in [5.41, 5.74) is 0.389. The Balaban J connectivity index is 1.68. The number of ether oxygens (including phenoxy) is 2. The molecule has 3 aromatic rings. The molecule has 1 fully saturated rings. The van der Waals surface area contributed by atoms with E-state index in [2.05, 4.69) is 11.7 Å². The molecular weight excluding hydrogens is 494 g/mol. The second-order valence-electron chi connectivity index (χ2n) is 9.48. The van der Waals surface area contributed by atoms with Gasteiger partial charge in [-0.15, -0.1) is 0 Å². The summed E-state index contributed by atoms with van der Waals surface area (Å²) in [6, 6.07) is 9.04. The van der Waals surface area contributed by atoms with Crippen LogP contribution in [0.1, 0.15) is 62.5 Å². The van der Waals surface area contributed by atoms with Crippen molar-refractivity contribution in [2.75, 3.05) is 0 Å². The summed E-state index contributed by atoms with van der Waals surface area (Å²) in [4.78, 5) is 0. The van der Waals surface area contributed by atoms with Crippen molar-refractivity contribution in [3.05, 3.63) is 76.9 Å². The number of alkyl halides is 2. The highest BCUT2D eigenvalue weighted by Crippen LogP contribution is 2.44. The van der Waals surface area contributed by atoms with Crippen molar-refractivity contribution in [3.63, 3.8) is 0 Å². The number of benzene rings is 3. The zero-order valence-corrected chi connectivity index (χ0v) is 20.6. The molecule has 8 heteroatoms. The SMILES string of the molecule is CCC[C@H]1CC[C@H](c2c(F)cc(C)c(Oc3ccccc3-c3cc(F)c(OC(F)F)c(F)c3)c2F)CC1. The normalized spacial score (nSPS) is 17.8. The highest BCUT2D eigenvalue weighted by Gasteiger charge is 2.29. The Labute approximate surface area is 212 Å². The van der Waals surface area contributed by atoms with E-state index in [0.717, 1.165) is 37.8 Å². The van der Waals surface area contributed by atoms with Crippen LogP contribution in [-0.4, -0.2) is 6.61 Å². The predicted molar refractivity (Wildman–Crippen MR) is 129 cm³/mol. The Morgan fingerprint density at radius 3 is 2.14 bits per heavy atom. The van der Waals surface area contributed by atoms with E-state index in [4.69, 9.17) is 4.74 Å². The number of rotatable bonds is 8. The second kappa shape index (κ2) is 11.5. The van der Waals surface area contributed by atoms with E-state index in [1.807, 2.05) is 0 Å². The fraction of sp³-hybridized carbons (Fsp3) is 0.379. The first-order valence-corrected chi connectivity index (χ1v) is 12.4. The van der Waals surface area contributed by atoms with Crippen molar-refractivity contribution in [1.82, 2.24) is 0 Å². The van der Waals surface area contributed by atoms with E-state index in [9.17, 15) is 22.0 Å². The molecule has 2 nitrogen and oxygen atoms in total. The molecule has 0 saturated heterocycles. The van der Waals surface area contributed by atoms with E-state index >= 15 is 4.39 Å². The highest BCUT2D eigenvalue weighted by molar-refractivity contribution is 5.72. The number of halogens is 6. The van der Waals surface area contributed by atoms with Crippen molar-refractivity contribution in [2.24, 2.45) is 5.92 Å². The Kier molecular flexibility index (Phi) is 8.35. The molecule has 0 aliphatic heterocycles. The minimum atomic E-state index is -3.40. The van der Waals surface area contributed by atoms with Crippen LogP contribution >= 0.6 is 0 Å². The van der Waals surface area contributed by atoms with Gasteiger partial charge < -0.3 is 9.47 Å². The maximum Gasteiger partial charge on any atom is 0.387 e. The van der Waals surface area contributed by atoms with Crippen LogP contribution < -0.4 is 9.47 Å². The van der Waals surface area contributed by atoms with Crippen LogP contribution in [0.2, 0.25) is 0 Å². The smallest absolute Gasteiger partial charge is 0.387 e. The van der Waals surface area contributed by atoms with Gasteiger partial charge >= 0.3 is 6.61 Å². The molecule has 0 atom stereocenters. The lowest BCUT2D eigenvalue weighted by Gasteiger charge is -2.29. The second-order valence-corrected chi connectivity index (χ2v) is 9.48. The molecule has 0 aromatic heterocycles. The van der Waals surface area contributed by atoms with Gasteiger partial charge in [0.15, 0.2) is 29.0 Å². The molecule has 0 amide bonds. The van der Waals surface area contributed by atoms with Gasteiger partial charge in [-0.3, -0.25) is 0 Å². The van der Waals surface area contributed by atoms with Crippen molar-refractivity contribution in [3.8, 4) is 28.4 Å². The molecule has 1 aliphatic carbocycles. The van der Waals surface area contributed by atoms with E-state index in [0.29, 0.717) is 18.8 Å². The van der Waals surface area contributed by atoms with Crippen LogP contribution in [0.3, 0.4) is 0 Å². The van der Waals surface area contributed by atoms with Gasteiger partial charge in [-0.2, -0.15) is 8.78 Å². The molecule has 0 heterocycles. The molecule has 0 bridgehead atoms. The van der Waals surface area contributed by atoms with E-state index in [1.165, 1.54) is 25.1 Å². The highest BCUT2D eigenvalue weighted by atomic mass is 19.3. The van der Waals surface area contributed by atoms with E-state index < -0.39 is 35.6 Å². The molecular formula is C29H28F6O2. The minimum absolute atomic E-state index is 0.00128. The monoisotopic (exact) mass is 522 g/mol. The average molecular weight is 523 g/mol. The van der Waals surface area contributed by atoms with Gasteiger partial charge in [0, 0.05) is 11.1 Å². The zero-order chi connectivity index (χ0) is 26.7. The van der Waals surface area contributed by atoms with Crippen LogP contribution in [0.15, 0.2) is 42.5 Å². The molecule has 0 unspecified atom stereocenters. The topological polar surface area (TPSA) is 18.5 Å². The number of para-hydroxylation sites is 1. The van der Waals surface area contributed by atoms with Crippen molar-refractivity contribution in [1.29, 1.82) is 0 Å². The first kappa shape index (κ1) is 26.9. The van der Waals surface area contributed by atoms with Gasteiger partial charge in [-0.05, 0) is 79.8 Å². The summed E-state index contributed by atoms with van der Waals surface area (Å²) in [5, 5.41) is 0. The number of hydrogen-bond acceptors (Lipinski definition) is 2. The van der Waals surface area contributed by atoms with Crippen LogP contribution in [0.25, 0.3) is 11.1 Å². The Bertz CT molecular complexity index is 1230. The maximum absolute atomic E-state index is 15.8. The standard InChI is InChI=1S/C29H28F6O2/c1-3-6-17-9-11-18(12-10-17)25-21(30)13-16(2)27(26(25)33)36-24-8-5-4-7-20(24)19-14-22(31)28(23(32)15-19)37-29(34)35/h4-5,7-8,13-15,17-18,29H,3,6,9-12H2,1-2H3/t17-,18-. The summed E-state index contributed by atoms with van der Waals surface area (Å²) >= 11 is 0. The lowest BCUT2D eigenvalue weighted by Crippen LogP contribution is -2.16. The molecule has 0 spiro atoms. The summed E-state index contributed by atoms with van der Waals surface area (Å²) in [5.74, 6) is -5.05. The molecule has 3 aromatic carbocycles. The minimum Gasteiger partial charge on any atom is -0.453 e. The van der Waals surface area contributed by atoms with Crippen molar-refractivity contribution < 1.29 is 35.8 Å². The molecule has 4 rings (SSSR count). The molecule has 37 heavy (non-hydrogen) atoms. The van der Waals surface area contributed by atoms with Gasteiger partial charge in [0.25, 0.3) is 0 Å². The van der Waals surface area contributed by atoms with E-state index in [-0.39, 0.29) is 39.7 Å². The summed E-state index contributed by atoms with van der Waals surface area (Å²) < 4.78 is 94.3. The lowest BCUT2D eigenvalue weighted by molar-refractivity contribution is -0.0546. The molecule has 1 saturated carbocycles. The molecule has 1 aliphatic rings. The van der Waals surface area contributed by atoms with Gasteiger partial charge in [0.1, 0.15) is 11.6 Å². The predicted octanol–water partition coefficient (Wildman–Crippen LogP) is 9.69. The third kappa shape index (κ3) is 5.89. The fourth-order valence-electron chi connectivity index (χ4n) is 5.20. The van der Waals surface area contributed by atoms with Crippen LogP contribution in [0.4, 0.5) is 26.3 Å². The first-order chi connectivity index (χ1) is 17.7. The Morgan fingerprint density at radius 2 is 1.51 bits per heavy atom. The lowest BCUT2D eigenvalue weighted by atomic mass is 9.77. The quantitative estimate of drug-likeness (QED) is 0.274. The summed E-state index contributed by atoms with van der Waals surface area (Å²) in [6.07, 6.45) is 5.37. The average Bonchev–Trinajstić information content (AvgIpc) is 2.85. The van der Waals surface area contributed by atoms with Gasteiger partial charge in [0.05, 0.1) is 0 Å². The van der Waals surface area contributed by atoms with Crippen LogP contribution in [-0.2, 0) is 0 Å². The Morgan fingerprint density at radius 1 is 0.865 bits per heavy atom. The first-order valence-electron chi connectivity index (χ1n) is 12.4. The number of hydrogen-bond donors (Lipinski definition) is 0. The molecule has 0 N–H and O–H groups in total. The van der Waals surface area contributed by atoms with Gasteiger partial charge in [0.2, 0.25) is 0 Å². The third-order valence-electron chi connectivity index (χ3n) is 6.96. The third-order valence-corrected chi connectivity index (χ3v) is 6.96. The zero-order valence-electron chi connectivity index (χ0n) is 20.6. The van der Waals surface area contributed by atoms with Gasteiger partial charge in [-0.1, -0.05) is 38.0 Å². The number of aryl methyl sites for hydroxylation is 1. The van der Waals surface area contributed by atoms with Crippen molar-refractivity contribution >= 4 is 0 Å². The van der Waals surface area contributed by atoms with Gasteiger partial charge in [-0.25, -0.2) is 17.6 Å². The fourth-order valence-corrected chi connectivity index (χ4v) is 5.20. The molecule has 198 valence electrons. The summed E-state index contributed by atoms with van der Waals surface area (Å²) in [6.45, 7) is 0.244. The Hall–Kier alpha value is -3.16. The van der Waals surface area contributed by atoms with Crippen LogP contribution in [0.5, 0.6) is 17.2 Å². The molecule has 0 radical (unpaired) electrons.